The molecule has 4 aromatic carbocycles. The van der Waals surface area contributed by atoms with Crippen LogP contribution in [0, 0.1) is 0 Å². The van der Waals surface area contributed by atoms with Crippen molar-refractivity contribution in [1.82, 2.24) is 0 Å². The molecule has 0 aromatic heterocycles. The third kappa shape index (κ3) is 7.30. The summed E-state index contributed by atoms with van der Waals surface area (Å²) in [7, 11) is 0. The summed E-state index contributed by atoms with van der Waals surface area (Å²) in [4.78, 5) is 11.1. The van der Waals surface area contributed by atoms with Crippen LogP contribution in [0.3, 0.4) is 0 Å². The van der Waals surface area contributed by atoms with Crippen molar-refractivity contribution in [1.29, 1.82) is 0 Å². The zero-order valence-electron chi connectivity index (χ0n) is 26.1. The van der Waals surface area contributed by atoms with Gasteiger partial charge in [0.15, 0.2) is 0 Å². The van der Waals surface area contributed by atoms with Crippen LogP contribution in [0.15, 0.2) is 107 Å². The first kappa shape index (κ1) is 30.2. The Hall–Kier alpha value is -3.78. The highest BCUT2D eigenvalue weighted by atomic mass is 14.8. The first-order valence-electron chi connectivity index (χ1n) is 15.2. The number of benzene rings is 4. The molecule has 0 aliphatic rings. The Morgan fingerprint density at radius 2 is 0.707 bits per heavy atom. The molecule has 0 unspecified atom stereocenters. The van der Waals surface area contributed by atoms with Gasteiger partial charge in [-0.3, -0.25) is 9.98 Å². The van der Waals surface area contributed by atoms with Crippen molar-refractivity contribution in [3.8, 4) is 0 Å². The Bertz CT molecular complexity index is 1320. The van der Waals surface area contributed by atoms with E-state index < -0.39 is 0 Å². The molecule has 0 radical (unpaired) electrons. The molecular weight excluding hydrogens is 496 g/mol. The summed E-state index contributed by atoms with van der Waals surface area (Å²) >= 11 is 0. The summed E-state index contributed by atoms with van der Waals surface area (Å²) in [6.45, 7) is 18.1. The molecule has 4 aromatic rings. The molecule has 0 bridgehead atoms. The summed E-state index contributed by atoms with van der Waals surface area (Å²) in [6, 6.07) is 34.6. The van der Waals surface area contributed by atoms with Gasteiger partial charge in [-0.25, -0.2) is 0 Å². The van der Waals surface area contributed by atoms with E-state index in [1.54, 1.807) is 0 Å². The van der Waals surface area contributed by atoms with Crippen molar-refractivity contribution < 1.29 is 0 Å². The molecule has 41 heavy (non-hydrogen) atoms. The number of aliphatic imine (C=N–C) groups is 2. The number of hydrogen-bond acceptors (Lipinski definition) is 2. The van der Waals surface area contributed by atoms with Crippen LogP contribution in [0.5, 0.6) is 0 Å². The number of rotatable bonds is 10. The quantitative estimate of drug-likeness (QED) is 0.178. The van der Waals surface area contributed by atoms with Crippen LogP contribution in [-0.4, -0.2) is 11.4 Å². The van der Waals surface area contributed by atoms with E-state index in [-0.39, 0.29) is 0 Å². The van der Waals surface area contributed by atoms with Gasteiger partial charge >= 0.3 is 0 Å². The summed E-state index contributed by atoms with van der Waals surface area (Å²) in [5, 5.41) is 0. The van der Waals surface area contributed by atoms with E-state index in [0.717, 1.165) is 33.9 Å². The van der Waals surface area contributed by atoms with E-state index in [2.05, 4.69) is 152 Å². The molecule has 2 heteroatoms. The summed E-state index contributed by atoms with van der Waals surface area (Å²) < 4.78 is 0. The lowest BCUT2D eigenvalue weighted by molar-refractivity contribution is 0.834. The Labute approximate surface area is 248 Å². The standard InChI is InChI=1S/C39H46N2/c1-26(2)32-21-15-22-33(27(3)4)38(32)40-36(30-17-11-9-12-18-30)25-37(31-19-13-10-14-20-31)41-39-34(28(5)6)23-16-24-35(39)29(7)8/h9-24,26-29H,25H2,1-8H3. The minimum Gasteiger partial charge on any atom is -0.252 e. The number of hydrogen-bond donors (Lipinski definition) is 0. The largest absolute Gasteiger partial charge is 0.252 e. The number of nitrogens with zero attached hydrogens (tertiary/aromatic N) is 2. The predicted octanol–water partition coefficient (Wildman–Crippen LogP) is 11.5. The van der Waals surface area contributed by atoms with E-state index in [1.807, 2.05) is 0 Å². The highest BCUT2D eigenvalue weighted by Crippen LogP contribution is 2.37. The molecule has 0 N–H and O–H groups in total. The normalized spacial score (nSPS) is 12.7. The van der Waals surface area contributed by atoms with Gasteiger partial charge in [0.25, 0.3) is 0 Å². The fraction of sp³-hybridized carbons (Fsp3) is 0.333. The van der Waals surface area contributed by atoms with E-state index in [9.17, 15) is 0 Å². The van der Waals surface area contributed by atoms with Gasteiger partial charge in [-0.2, -0.15) is 0 Å². The molecule has 0 saturated carbocycles. The minimum atomic E-state index is 0.373. The first-order valence-corrected chi connectivity index (χ1v) is 15.2. The van der Waals surface area contributed by atoms with Crippen LogP contribution in [0.4, 0.5) is 11.4 Å². The zero-order chi connectivity index (χ0) is 29.5. The van der Waals surface area contributed by atoms with Crippen molar-refractivity contribution >= 4 is 22.8 Å². The van der Waals surface area contributed by atoms with Crippen molar-refractivity contribution in [2.75, 3.05) is 0 Å². The van der Waals surface area contributed by atoms with E-state index >= 15 is 0 Å². The summed E-state index contributed by atoms with van der Waals surface area (Å²) in [5.41, 5.74) is 11.7. The molecule has 0 amide bonds. The molecule has 0 fully saturated rings. The van der Waals surface area contributed by atoms with Gasteiger partial charge in [-0.1, -0.05) is 152 Å². The van der Waals surface area contributed by atoms with Gasteiger partial charge < -0.3 is 0 Å². The Balaban J connectivity index is 1.99. The topological polar surface area (TPSA) is 24.7 Å². The molecule has 0 atom stereocenters. The van der Waals surface area contributed by atoms with Crippen LogP contribution in [0.2, 0.25) is 0 Å². The third-order valence-corrected chi connectivity index (χ3v) is 7.73. The Kier molecular flexibility index (Phi) is 10.1. The van der Waals surface area contributed by atoms with Crippen molar-refractivity contribution in [2.45, 2.75) is 85.5 Å². The lowest BCUT2D eigenvalue weighted by atomic mass is 9.91. The Morgan fingerprint density at radius 3 is 0.976 bits per heavy atom. The van der Waals surface area contributed by atoms with Gasteiger partial charge in [0.2, 0.25) is 0 Å². The van der Waals surface area contributed by atoms with Gasteiger partial charge in [0.1, 0.15) is 0 Å². The molecule has 0 aliphatic heterocycles. The monoisotopic (exact) mass is 542 g/mol. The zero-order valence-corrected chi connectivity index (χ0v) is 26.1. The molecular formula is C39H46N2. The van der Waals surface area contributed by atoms with E-state index in [0.29, 0.717) is 30.1 Å². The van der Waals surface area contributed by atoms with Gasteiger partial charge in [0.05, 0.1) is 22.8 Å². The molecule has 212 valence electrons. The summed E-state index contributed by atoms with van der Waals surface area (Å²) in [6.07, 6.45) is 0.627. The van der Waals surface area contributed by atoms with Crippen LogP contribution in [0.25, 0.3) is 0 Å². The highest BCUT2D eigenvalue weighted by Gasteiger charge is 2.19. The first-order chi connectivity index (χ1) is 19.7. The van der Waals surface area contributed by atoms with Crippen molar-refractivity contribution in [3.05, 3.63) is 130 Å². The molecule has 4 rings (SSSR count). The summed E-state index contributed by atoms with van der Waals surface area (Å²) in [5.74, 6) is 1.49. The number of para-hydroxylation sites is 2. The van der Waals surface area contributed by atoms with Crippen molar-refractivity contribution in [2.24, 2.45) is 9.98 Å². The lowest BCUT2D eigenvalue weighted by Crippen LogP contribution is -2.12. The second kappa shape index (κ2) is 13.7. The third-order valence-electron chi connectivity index (χ3n) is 7.73. The Morgan fingerprint density at radius 1 is 0.415 bits per heavy atom. The minimum absolute atomic E-state index is 0.373. The highest BCUT2D eigenvalue weighted by molar-refractivity contribution is 6.19. The second-order valence-corrected chi connectivity index (χ2v) is 12.2. The van der Waals surface area contributed by atoms with E-state index in [4.69, 9.17) is 9.98 Å². The lowest BCUT2D eigenvalue weighted by Gasteiger charge is -2.20. The molecule has 0 spiro atoms. The van der Waals surface area contributed by atoms with Gasteiger partial charge in [-0.15, -0.1) is 0 Å². The van der Waals surface area contributed by atoms with Gasteiger partial charge in [-0.05, 0) is 57.1 Å². The average molecular weight is 543 g/mol. The van der Waals surface area contributed by atoms with Gasteiger partial charge in [0, 0.05) is 6.42 Å². The van der Waals surface area contributed by atoms with Crippen LogP contribution < -0.4 is 0 Å². The maximum Gasteiger partial charge on any atom is 0.0702 e. The SMILES string of the molecule is CC(C)c1cccc(C(C)C)c1N=C(CC(=Nc1c(C(C)C)cccc1C(C)C)c1ccccc1)c1ccccc1. The maximum atomic E-state index is 5.53. The smallest absolute Gasteiger partial charge is 0.0702 e. The van der Waals surface area contributed by atoms with E-state index in [1.165, 1.54) is 22.3 Å². The van der Waals surface area contributed by atoms with Crippen molar-refractivity contribution in [3.63, 3.8) is 0 Å². The maximum absolute atomic E-state index is 5.53. The predicted molar refractivity (Wildman–Crippen MR) is 179 cm³/mol. The fourth-order valence-electron chi connectivity index (χ4n) is 5.38. The molecule has 0 heterocycles. The molecule has 0 aliphatic carbocycles. The van der Waals surface area contributed by atoms with Crippen LogP contribution in [-0.2, 0) is 0 Å². The van der Waals surface area contributed by atoms with Crippen LogP contribution >= 0.6 is 0 Å². The molecule has 0 saturated heterocycles. The molecule has 2 nitrogen and oxygen atoms in total. The second-order valence-electron chi connectivity index (χ2n) is 12.2. The average Bonchev–Trinajstić information content (AvgIpc) is 2.96. The fourth-order valence-corrected chi connectivity index (χ4v) is 5.38. The van der Waals surface area contributed by atoms with Crippen LogP contribution in [0.1, 0.15) is 119 Å².